The molecule has 182 valence electrons. The van der Waals surface area contributed by atoms with Gasteiger partial charge < -0.3 is 14.8 Å². The number of fused-ring (bicyclic) bond motifs is 1. The fourth-order valence-electron chi connectivity index (χ4n) is 4.61. The van der Waals surface area contributed by atoms with Gasteiger partial charge in [-0.3, -0.25) is 19.3 Å². The first kappa shape index (κ1) is 24.1. The molecular weight excluding hydrogens is 452 g/mol. The number of methoxy groups -OCH3 is 1. The molecule has 2 aromatic rings. The molecule has 2 aliphatic rings. The van der Waals surface area contributed by atoms with Gasteiger partial charge in [-0.1, -0.05) is 6.92 Å². The minimum atomic E-state index is -0.714. The van der Waals surface area contributed by atoms with Crippen LogP contribution in [0, 0.1) is 17.8 Å². The molecule has 4 rings (SSSR count). The van der Waals surface area contributed by atoms with Crippen molar-refractivity contribution in [2.75, 3.05) is 23.9 Å². The zero-order chi connectivity index (χ0) is 25.1. The van der Waals surface area contributed by atoms with E-state index < -0.39 is 24.5 Å². The Morgan fingerprint density at radius 3 is 2.14 bits per heavy atom. The maximum Gasteiger partial charge on any atom is 0.338 e. The van der Waals surface area contributed by atoms with Crippen LogP contribution in [0.2, 0.25) is 0 Å². The highest BCUT2D eigenvalue weighted by atomic mass is 16.5. The second-order valence-corrected chi connectivity index (χ2v) is 8.88. The molecule has 9 heteroatoms. The van der Waals surface area contributed by atoms with Gasteiger partial charge in [0.15, 0.2) is 6.61 Å². The molecule has 0 unspecified atom stereocenters. The fourth-order valence-corrected chi connectivity index (χ4v) is 4.61. The highest BCUT2D eigenvalue weighted by Gasteiger charge is 2.49. The first-order valence-electron chi connectivity index (χ1n) is 11.4. The first-order chi connectivity index (χ1) is 16.8. The van der Waals surface area contributed by atoms with E-state index in [1.807, 2.05) is 0 Å². The number of nitrogens with one attached hydrogen (secondary N) is 1. The Bertz CT molecular complexity index is 1160. The summed E-state index contributed by atoms with van der Waals surface area (Å²) in [6, 6.07) is 12.1. The molecule has 1 heterocycles. The van der Waals surface area contributed by atoms with Crippen LogP contribution in [0.1, 0.15) is 46.9 Å². The quantitative estimate of drug-likeness (QED) is 0.500. The van der Waals surface area contributed by atoms with Crippen molar-refractivity contribution in [3.05, 3.63) is 59.7 Å². The van der Waals surface area contributed by atoms with Gasteiger partial charge in [0, 0.05) is 5.69 Å². The lowest BCUT2D eigenvalue weighted by Crippen LogP contribution is -2.30. The molecule has 2 aromatic carbocycles. The second kappa shape index (κ2) is 10.1. The highest BCUT2D eigenvalue weighted by molar-refractivity contribution is 6.22. The van der Waals surface area contributed by atoms with Crippen LogP contribution < -0.4 is 10.2 Å². The van der Waals surface area contributed by atoms with Crippen LogP contribution in [0.15, 0.2) is 48.5 Å². The molecule has 35 heavy (non-hydrogen) atoms. The largest absolute Gasteiger partial charge is 0.465 e. The minimum Gasteiger partial charge on any atom is -0.465 e. The zero-order valence-electron chi connectivity index (χ0n) is 19.5. The Morgan fingerprint density at radius 1 is 0.886 bits per heavy atom. The van der Waals surface area contributed by atoms with E-state index in [0.29, 0.717) is 29.3 Å². The van der Waals surface area contributed by atoms with Gasteiger partial charge >= 0.3 is 11.9 Å². The molecule has 1 saturated heterocycles. The topological polar surface area (TPSA) is 119 Å². The van der Waals surface area contributed by atoms with E-state index in [0.717, 1.165) is 12.8 Å². The van der Waals surface area contributed by atoms with Crippen LogP contribution in [-0.2, 0) is 23.9 Å². The number of hydrogen-bond acceptors (Lipinski definition) is 7. The molecule has 1 N–H and O–H groups in total. The third kappa shape index (κ3) is 5.08. The number of esters is 2. The normalized spacial score (nSPS) is 21.3. The number of imide groups is 1. The first-order valence-corrected chi connectivity index (χ1v) is 11.4. The Hall–Kier alpha value is -4.01. The SMILES string of the molecule is COC(=O)c1ccc(NC(=O)COC(=O)c2ccc(N3C(=O)[C@H]4C[C@@H](C)CC[C@H]4C3=O)cc2)cc1. The van der Waals surface area contributed by atoms with E-state index in [9.17, 15) is 24.0 Å². The van der Waals surface area contributed by atoms with Crippen molar-refractivity contribution in [2.45, 2.75) is 26.2 Å². The van der Waals surface area contributed by atoms with E-state index in [1.54, 1.807) is 0 Å². The summed E-state index contributed by atoms with van der Waals surface area (Å²) >= 11 is 0. The Labute approximate surface area is 202 Å². The van der Waals surface area contributed by atoms with Crippen LogP contribution in [0.4, 0.5) is 11.4 Å². The molecule has 3 atom stereocenters. The molecule has 9 nitrogen and oxygen atoms in total. The van der Waals surface area contributed by atoms with Crippen molar-refractivity contribution in [1.29, 1.82) is 0 Å². The number of hydrogen-bond donors (Lipinski definition) is 1. The number of nitrogens with zero attached hydrogens (tertiary/aromatic N) is 1. The summed E-state index contributed by atoms with van der Waals surface area (Å²) in [5.41, 5.74) is 1.38. The third-order valence-corrected chi connectivity index (χ3v) is 6.47. The van der Waals surface area contributed by atoms with Crippen LogP contribution in [0.3, 0.4) is 0 Å². The number of anilines is 2. The summed E-state index contributed by atoms with van der Waals surface area (Å²) in [5.74, 6) is -2.24. The van der Waals surface area contributed by atoms with E-state index in [4.69, 9.17) is 4.74 Å². The van der Waals surface area contributed by atoms with Crippen molar-refractivity contribution < 1.29 is 33.4 Å². The molecule has 1 aliphatic heterocycles. The predicted octanol–water partition coefficient (Wildman–Crippen LogP) is 3.19. The van der Waals surface area contributed by atoms with Gasteiger partial charge in [-0.15, -0.1) is 0 Å². The number of carbonyl (C=O) groups excluding carboxylic acids is 5. The average Bonchev–Trinajstić information content (AvgIpc) is 3.11. The van der Waals surface area contributed by atoms with Crippen LogP contribution in [0.25, 0.3) is 0 Å². The summed E-state index contributed by atoms with van der Waals surface area (Å²) < 4.78 is 9.68. The Morgan fingerprint density at radius 2 is 1.49 bits per heavy atom. The van der Waals surface area contributed by atoms with Gasteiger partial charge in [-0.2, -0.15) is 0 Å². The number of carbonyl (C=O) groups is 5. The van der Waals surface area contributed by atoms with Crippen molar-refractivity contribution in [3.8, 4) is 0 Å². The molecule has 2 fully saturated rings. The van der Waals surface area contributed by atoms with Crippen LogP contribution in [0.5, 0.6) is 0 Å². The summed E-state index contributed by atoms with van der Waals surface area (Å²) in [6.45, 7) is 1.59. The molecule has 1 aliphatic carbocycles. The fraction of sp³-hybridized carbons (Fsp3) is 0.346. The minimum absolute atomic E-state index is 0.182. The molecule has 0 radical (unpaired) electrons. The summed E-state index contributed by atoms with van der Waals surface area (Å²) in [4.78, 5) is 62.8. The lowest BCUT2D eigenvalue weighted by molar-refractivity contribution is -0.122. The number of rotatable bonds is 6. The van der Waals surface area contributed by atoms with Crippen molar-refractivity contribution in [1.82, 2.24) is 0 Å². The molecule has 0 bridgehead atoms. The maximum absolute atomic E-state index is 12.9. The summed E-state index contributed by atoms with van der Waals surface area (Å²) in [6.07, 6.45) is 2.37. The van der Waals surface area contributed by atoms with Gasteiger partial charge in [0.05, 0.1) is 35.8 Å². The zero-order valence-corrected chi connectivity index (χ0v) is 19.5. The van der Waals surface area contributed by atoms with Crippen LogP contribution >= 0.6 is 0 Å². The molecular formula is C26H26N2O7. The molecule has 0 aromatic heterocycles. The monoisotopic (exact) mass is 478 g/mol. The van der Waals surface area contributed by atoms with E-state index >= 15 is 0 Å². The third-order valence-electron chi connectivity index (χ3n) is 6.47. The van der Waals surface area contributed by atoms with Gasteiger partial charge in [-0.25, -0.2) is 9.59 Å². The smallest absolute Gasteiger partial charge is 0.338 e. The number of benzene rings is 2. The average molecular weight is 479 g/mol. The van der Waals surface area contributed by atoms with E-state index in [2.05, 4.69) is 17.0 Å². The lowest BCUT2D eigenvalue weighted by Gasteiger charge is -2.25. The van der Waals surface area contributed by atoms with Crippen molar-refractivity contribution in [2.24, 2.45) is 17.8 Å². The Kier molecular flexibility index (Phi) is 6.95. The molecule has 3 amide bonds. The van der Waals surface area contributed by atoms with Crippen molar-refractivity contribution >= 4 is 41.0 Å². The van der Waals surface area contributed by atoms with E-state index in [1.165, 1.54) is 60.5 Å². The number of ether oxygens (including phenoxy) is 2. The second-order valence-electron chi connectivity index (χ2n) is 8.88. The molecule has 1 saturated carbocycles. The van der Waals surface area contributed by atoms with E-state index in [-0.39, 0.29) is 29.2 Å². The van der Waals surface area contributed by atoms with Gasteiger partial charge in [-0.05, 0) is 73.7 Å². The van der Waals surface area contributed by atoms with Gasteiger partial charge in [0.2, 0.25) is 11.8 Å². The lowest BCUT2D eigenvalue weighted by atomic mass is 9.76. The number of amides is 3. The Balaban J connectivity index is 1.32. The summed E-state index contributed by atoms with van der Waals surface area (Å²) in [7, 11) is 1.28. The maximum atomic E-state index is 12.9. The van der Waals surface area contributed by atoms with Crippen LogP contribution in [-0.4, -0.2) is 43.4 Å². The van der Waals surface area contributed by atoms with Gasteiger partial charge in [0.25, 0.3) is 5.91 Å². The standard InChI is InChI=1S/C26H26N2O7/c1-15-3-12-20-21(13-15)24(31)28(23(20)30)19-10-6-17(7-11-19)26(33)35-14-22(29)27-18-8-4-16(5-9-18)25(32)34-2/h4-11,15,20-21H,3,12-14H2,1-2H3,(H,27,29)/t15-,20+,21-/m0/s1. The predicted molar refractivity (Wildman–Crippen MR) is 126 cm³/mol. The summed E-state index contributed by atoms with van der Waals surface area (Å²) in [5, 5.41) is 2.57. The van der Waals surface area contributed by atoms with Gasteiger partial charge in [0.1, 0.15) is 0 Å². The highest BCUT2D eigenvalue weighted by Crippen LogP contribution is 2.42. The van der Waals surface area contributed by atoms with Crippen molar-refractivity contribution in [3.63, 3.8) is 0 Å². The molecule has 0 spiro atoms.